The lowest BCUT2D eigenvalue weighted by molar-refractivity contribution is 0.481. The van der Waals surface area contributed by atoms with Crippen molar-refractivity contribution in [1.29, 1.82) is 5.26 Å². The second-order valence-electron chi connectivity index (χ2n) is 4.68. The third kappa shape index (κ3) is 2.69. The van der Waals surface area contributed by atoms with Crippen LogP contribution in [0.4, 0.5) is 0 Å². The summed E-state index contributed by atoms with van der Waals surface area (Å²) in [7, 11) is 0. The van der Waals surface area contributed by atoms with Gasteiger partial charge in [0.1, 0.15) is 10.8 Å². The van der Waals surface area contributed by atoms with Crippen molar-refractivity contribution in [1.82, 2.24) is 4.98 Å². The molecule has 0 aliphatic carbocycles. The van der Waals surface area contributed by atoms with Crippen molar-refractivity contribution >= 4 is 22.5 Å². The topological polar surface area (TPSA) is 56.9 Å². The number of pyridine rings is 1. The van der Waals surface area contributed by atoms with Gasteiger partial charge >= 0.3 is 0 Å². The van der Waals surface area contributed by atoms with Crippen molar-refractivity contribution in [3.63, 3.8) is 0 Å². The van der Waals surface area contributed by atoms with Gasteiger partial charge in [-0.3, -0.25) is 0 Å². The number of rotatable bonds is 2. The van der Waals surface area contributed by atoms with E-state index >= 15 is 0 Å². The second-order valence-corrected chi connectivity index (χ2v) is 5.74. The van der Waals surface area contributed by atoms with Crippen LogP contribution in [-0.4, -0.2) is 10.1 Å². The lowest BCUT2D eigenvalue weighted by atomic mass is 10.1. The van der Waals surface area contributed by atoms with Crippen LogP contribution in [-0.2, 0) is 0 Å². The maximum absolute atomic E-state index is 9.92. The third-order valence-corrected chi connectivity index (χ3v) is 4.13. The molecule has 4 heteroatoms. The number of hydrogen-bond acceptors (Lipinski definition) is 4. The average Bonchev–Trinajstić information content (AvgIpc) is 2.50. The first-order chi connectivity index (χ1) is 10.2. The van der Waals surface area contributed by atoms with Crippen molar-refractivity contribution in [2.45, 2.75) is 16.8 Å². The van der Waals surface area contributed by atoms with Crippen LogP contribution < -0.4 is 0 Å². The molecule has 0 atom stereocenters. The fourth-order valence-electron chi connectivity index (χ4n) is 2.21. The molecule has 1 aromatic heterocycles. The van der Waals surface area contributed by atoms with Crippen molar-refractivity contribution < 1.29 is 5.11 Å². The predicted octanol–water partition coefficient (Wildman–Crippen LogP) is 4.27. The Balaban J connectivity index is 2.09. The van der Waals surface area contributed by atoms with E-state index in [4.69, 9.17) is 5.26 Å². The molecule has 0 spiro atoms. The van der Waals surface area contributed by atoms with Gasteiger partial charge in [-0.2, -0.15) is 5.26 Å². The SMILES string of the molecule is Cc1cc(C#N)cc(Sc2ccc(O)c3ccccc23)n1. The Bertz CT molecular complexity index is 868. The number of nitriles is 1. The molecule has 0 fully saturated rings. The fraction of sp³-hybridized carbons (Fsp3) is 0.0588. The molecule has 0 aliphatic rings. The summed E-state index contributed by atoms with van der Waals surface area (Å²) in [5.74, 6) is 0.268. The number of hydrogen-bond donors (Lipinski definition) is 1. The molecule has 0 aliphatic heterocycles. The molecule has 21 heavy (non-hydrogen) atoms. The molecule has 1 heterocycles. The quantitative estimate of drug-likeness (QED) is 0.766. The van der Waals surface area contributed by atoms with Crippen molar-refractivity contribution in [2.24, 2.45) is 0 Å². The van der Waals surface area contributed by atoms with E-state index in [2.05, 4.69) is 11.1 Å². The van der Waals surface area contributed by atoms with E-state index < -0.39 is 0 Å². The highest BCUT2D eigenvalue weighted by Gasteiger charge is 2.08. The van der Waals surface area contributed by atoms with Gasteiger partial charge in [0.15, 0.2) is 0 Å². The number of phenols is 1. The van der Waals surface area contributed by atoms with Gasteiger partial charge in [0, 0.05) is 16.0 Å². The molecule has 0 saturated heterocycles. The van der Waals surface area contributed by atoms with Gasteiger partial charge in [-0.15, -0.1) is 0 Å². The minimum Gasteiger partial charge on any atom is -0.507 e. The van der Waals surface area contributed by atoms with Gasteiger partial charge in [0.2, 0.25) is 0 Å². The normalized spacial score (nSPS) is 10.5. The molecule has 2 aromatic carbocycles. The van der Waals surface area contributed by atoms with Gasteiger partial charge in [-0.25, -0.2) is 4.98 Å². The van der Waals surface area contributed by atoms with E-state index in [1.807, 2.05) is 37.3 Å². The zero-order valence-corrected chi connectivity index (χ0v) is 12.2. The largest absolute Gasteiger partial charge is 0.507 e. The number of fused-ring (bicyclic) bond motifs is 1. The molecular formula is C17H12N2OS. The molecule has 0 bridgehead atoms. The van der Waals surface area contributed by atoms with E-state index in [0.717, 1.165) is 26.4 Å². The van der Waals surface area contributed by atoms with E-state index in [-0.39, 0.29) is 5.75 Å². The van der Waals surface area contributed by atoms with Crippen molar-refractivity contribution in [3.05, 3.63) is 59.8 Å². The van der Waals surface area contributed by atoms with Crippen LogP contribution in [0.2, 0.25) is 0 Å². The summed E-state index contributed by atoms with van der Waals surface area (Å²) in [5.41, 5.74) is 1.42. The Labute approximate surface area is 126 Å². The monoisotopic (exact) mass is 292 g/mol. The summed E-state index contributed by atoms with van der Waals surface area (Å²) in [5, 5.41) is 21.5. The summed E-state index contributed by atoms with van der Waals surface area (Å²) < 4.78 is 0. The molecule has 0 unspecified atom stereocenters. The lowest BCUT2D eigenvalue weighted by Crippen LogP contribution is -1.88. The second kappa shape index (κ2) is 5.47. The van der Waals surface area contributed by atoms with Gasteiger partial charge < -0.3 is 5.11 Å². The van der Waals surface area contributed by atoms with Crippen LogP contribution in [0.5, 0.6) is 5.75 Å². The van der Waals surface area contributed by atoms with Crippen LogP contribution in [0.3, 0.4) is 0 Å². The van der Waals surface area contributed by atoms with Crippen LogP contribution in [0, 0.1) is 18.3 Å². The van der Waals surface area contributed by atoms with E-state index in [9.17, 15) is 5.11 Å². The Hall–Kier alpha value is -2.51. The minimum atomic E-state index is 0.268. The lowest BCUT2D eigenvalue weighted by Gasteiger charge is -2.08. The first kappa shape index (κ1) is 13.5. The van der Waals surface area contributed by atoms with E-state index in [1.165, 1.54) is 11.8 Å². The maximum atomic E-state index is 9.92. The first-order valence-corrected chi connectivity index (χ1v) is 7.26. The average molecular weight is 292 g/mol. The number of aromatic hydroxyl groups is 1. The summed E-state index contributed by atoms with van der Waals surface area (Å²) in [6.45, 7) is 1.87. The van der Waals surface area contributed by atoms with Crippen LogP contribution >= 0.6 is 11.8 Å². The molecule has 102 valence electrons. The fourth-order valence-corrected chi connectivity index (χ4v) is 3.24. The van der Waals surface area contributed by atoms with Crippen LogP contribution in [0.15, 0.2) is 58.5 Å². The number of phenolic OH excluding ortho intramolecular Hbond substituents is 1. The summed E-state index contributed by atoms with van der Waals surface area (Å²) in [6, 6.07) is 16.9. The number of benzene rings is 2. The predicted molar refractivity (Wildman–Crippen MR) is 83.4 cm³/mol. The highest BCUT2D eigenvalue weighted by atomic mass is 32.2. The summed E-state index contributed by atoms with van der Waals surface area (Å²) in [4.78, 5) is 5.46. The molecule has 0 radical (unpaired) electrons. The molecule has 1 N–H and O–H groups in total. The molecule has 0 saturated carbocycles. The molecule has 0 amide bonds. The number of nitrogens with zero attached hydrogens (tertiary/aromatic N) is 2. The Morgan fingerprint density at radius 3 is 2.62 bits per heavy atom. The number of aromatic nitrogens is 1. The molecule has 3 nitrogen and oxygen atoms in total. The highest BCUT2D eigenvalue weighted by Crippen LogP contribution is 2.36. The molecule has 3 rings (SSSR count). The zero-order valence-electron chi connectivity index (χ0n) is 11.4. The van der Waals surface area contributed by atoms with E-state index in [0.29, 0.717) is 5.56 Å². The maximum Gasteiger partial charge on any atom is 0.123 e. The Kier molecular flexibility index (Phi) is 3.51. The van der Waals surface area contributed by atoms with Gasteiger partial charge in [0.25, 0.3) is 0 Å². The van der Waals surface area contributed by atoms with Gasteiger partial charge in [-0.1, -0.05) is 36.0 Å². The van der Waals surface area contributed by atoms with E-state index in [1.54, 1.807) is 18.2 Å². The Morgan fingerprint density at radius 1 is 1.10 bits per heavy atom. The standard InChI is InChI=1S/C17H12N2OS/c1-11-8-12(10-18)9-17(19-11)21-16-7-6-15(20)13-4-2-3-5-14(13)16/h2-9,20H,1H3. The Morgan fingerprint density at radius 2 is 1.86 bits per heavy atom. The summed E-state index contributed by atoms with van der Waals surface area (Å²) >= 11 is 1.50. The van der Waals surface area contributed by atoms with Crippen LogP contribution in [0.25, 0.3) is 10.8 Å². The smallest absolute Gasteiger partial charge is 0.123 e. The van der Waals surface area contributed by atoms with Crippen LogP contribution in [0.1, 0.15) is 11.3 Å². The van der Waals surface area contributed by atoms with Gasteiger partial charge in [-0.05, 0) is 36.6 Å². The van der Waals surface area contributed by atoms with Gasteiger partial charge in [0.05, 0.1) is 11.6 Å². The number of aryl methyl sites for hydroxylation is 1. The summed E-state index contributed by atoms with van der Waals surface area (Å²) in [6.07, 6.45) is 0. The molecule has 3 aromatic rings. The van der Waals surface area contributed by atoms with Crippen molar-refractivity contribution in [3.8, 4) is 11.8 Å². The molecular weight excluding hydrogens is 280 g/mol. The minimum absolute atomic E-state index is 0.268. The highest BCUT2D eigenvalue weighted by molar-refractivity contribution is 7.99. The van der Waals surface area contributed by atoms with Crippen molar-refractivity contribution in [2.75, 3.05) is 0 Å². The third-order valence-electron chi connectivity index (χ3n) is 3.13. The zero-order chi connectivity index (χ0) is 14.8. The first-order valence-electron chi connectivity index (χ1n) is 6.45.